The van der Waals surface area contributed by atoms with Gasteiger partial charge in [0.2, 0.25) is 5.95 Å². The van der Waals surface area contributed by atoms with Crippen LogP contribution in [0.3, 0.4) is 0 Å². The molecule has 0 aliphatic rings. The van der Waals surface area contributed by atoms with Gasteiger partial charge in [0.15, 0.2) is 0 Å². The average Bonchev–Trinajstić information content (AvgIpc) is 2.57. The third kappa shape index (κ3) is 4.08. The molecule has 120 valence electrons. The smallest absolute Gasteiger partial charge is 0.274 e. The summed E-state index contributed by atoms with van der Waals surface area (Å²) in [7, 11) is 0. The fraction of sp³-hybridized carbons (Fsp3) is 0.0556. The minimum Gasteiger partial charge on any atom is -0.324 e. The second kappa shape index (κ2) is 7.10. The molecule has 3 aromatic rings. The monoisotopic (exact) mass is 338 g/mol. The summed E-state index contributed by atoms with van der Waals surface area (Å²) in [6.45, 7) is 1.81. The van der Waals surface area contributed by atoms with Gasteiger partial charge in [-0.15, -0.1) is 0 Å². The first-order valence-electron chi connectivity index (χ1n) is 7.35. The third-order valence-corrected chi connectivity index (χ3v) is 3.47. The maximum atomic E-state index is 12.4. The number of carbonyl (C=O) groups excluding carboxylic acids is 1. The van der Waals surface area contributed by atoms with E-state index in [0.29, 0.717) is 28.0 Å². The Balaban J connectivity index is 1.80. The van der Waals surface area contributed by atoms with Crippen LogP contribution in [-0.2, 0) is 0 Å². The van der Waals surface area contributed by atoms with Crippen LogP contribution in [0, 0.1) is 6.92 Å². The van der Waals surface area contributed by atoms with Crippen molar-refractivity contribution in [3.05, 3.63) is 77.1 Å². The first-order chi connectivity index (χ1) is 11.6. The van der Waals surface area contributed by atoms with E-state index in [1.54, 1.807) is 18.2 Å². The van der Waals surface area contributed by atoms with Crippen LogP contribution in [0.5, 0.6) is 0 Å². The van der Waals surface area contributed by atoms with Gasteiger partial charge in [0.05, 0.1) is 0 Å². The van der Waals surface area contributed by atoms with E-state index in [9.17, 15) is 4.79 Å². The number of carbonyl (C=O) groups is 1. The molecule has 2 N–H and O–H groups in total. The van der Waals surface area contributed by atoms with Gasteiger partial charge in [-0.2, -0.15) is 0 Å². The Hall–Kier alpha value is -2.92. The number of hydrogen-bond acceptors (Lipinski definition) is 4. The Labute approximate surface area is 144 Å². The fourth-order valence-electron chi connectivity index (χ4n) is 2.12. The van der Waals surface area contributed by atoms with Crippen molar-refractivity contribution in [2.45, 2.75) is 6.92 Å². The largest absolute Gasteiger partial charge is 0.324 e. The molecule has 0 atom stereocenters. The normalized spacial score (nSPS) is 10.2. The summed E-state index contributed by atoms with van der Waals surface area (Å²) in [6, 6.07) is 18.0. The van der Waals surface area contributed by atoms with Crippen molar-refractivity contribution >= 4 is 34.8 Å². The number of benzene rings is 2. The van der Waals surface area contributed by atoms with Crippen molar-refractivity contribution in [3.8, 4) is 0 Å². The van der Waals surface area contributed by atoms with Gasteiger partial charge >= 0.3 is 0 Å². The standard InChI is InChI=1S/C18H15ClN4O/c1-12-11-16(17(24)21-14-5-3-2-4-6-14)23-18(20-12)22-15-9-7-13(19)8-10-15/h2-11H,1H3,(H,21,24)(H,20,22,23). The number of nitrogens with zero attached hydrogens (tertiary/aromatic N) is 2. The summed E-state index contributed by atoms with van der Waals surface area (Å²) >= 11 is 5.87. The number of nitrogens with one attached hydrogen (secondary N) is 2. The zero-order chi connectivity index (χ0) is 16.9. The third-order valence-electron chi connectivity index (χ3n) is 3.22. The zero-order valence-electron chi connectivity index (χ0n) is 13.0. The van der Waals surface area contributed by atoms with E-state index in [1.165, 1.54) is 0 Å². The number of para-hydroxylation sites is 1. The van der Waals surface area contributed by atoms with Crippen LogP contribution in [0.15, 0.2) is 60.7 Å². The Morgan fingerprint density at radius 2 is 1.67 bits per heavy atom. The van der Waals surface area contributed by atoms with Crippen molar-refractivity contribution in [2.75, 3.05) is 10.6 Å². The molecule has 0 aliphatic heterocycles. The van der Waals surface area contributed by atoms with Crippen molar-refractivity contribution in [1.29, 1.82) is 0 Å². The second-order valence-electron chi connectivity index (χ2n) is 5.17. The van der Waals surface area contributed by atoms with E-state index in [0.717, 1.165) is 5.69 Å². The molecule has 0 fully saturated rings. The molecule has 0 bridgehead atoms. The highest BCUT2D eigenvalue weighted by atomic mass is 35.5. The molecule has 24 heavy (non-hydrogen) atoms. The highest BCUT2D eigenvalue weighted by molar-refractivity contribution is 6.30. The van der Waals surface area contributed by atoms with E-state index in [-0.39, 0.29) is 5.91 Å². The maximum Gasteiger partial charge on any atom is 0.274 e. The van der Waals surface area contributed by atoms with Crippen molar-refractivity contribution < 1.29 is 4.79 Å². The van der Waals surface area contributed by atoms with Crippen molar-refractivity contribution in [1.82, 2.24) is 9.97 Å². The number of amides is 1. The number of halogens is 1. The van der Waals surface area contributed by atoms with E-state index < -0.39 is 0 Å². The van der Waals surface area contributed by atoms with Gasteiger partial charge in [-0.3, -0.25) is 4.79 Å². The summed E-state index contributed by atoms with van der Waals surface area (Å²) in [5.74, 6) is 0.0707. The maximum absolute atomic E-state index is 12.4. The van der Waals surface area contributed by atoms with Gasteiger partial charge in [-0.1, -0.05) is 29.8 Å². The van der Waals surface area contributed by atoms with Crippen LogP contribution in [0.2, 0.25) is 5.02 Å². The molecule has 0 spiro atoms. The minimum absolute atomic E-state index is 0.286. The predicted molar refractivity (Wildman–Crippen MR) is 95.9 cm³/mol. The van der Waals surface area contributed by atoms with E-state index in [2.05, 4.69) is 20.6 Å². The lowest BCUT2D eigenvalue weighted by molar-refractivity contribution is 0.102. The molecule has 6 heteroatoms. The molecule has 2 aromatic carbocycles. The first-order valence-corrected chi connectivity index (χ1v) is 7.72. The minimum atomic E-state index is -0.286. The second-order valence-corrected chi connectivity index (χ2v) is 5.61. The molecule has 3 rings (SSSR count). The first kappa shape index (κ1) is 16.0. The molecule has 1 amide bonds. The quantitative estimate of drug-likeness (QED) is 0.738. The van der Waals surface area contributed by atoms with E-state index >= 15 is 0 Å². The molecule has 0 aliphatic carbocycles. The topological polar surface area (TPSA) is 66.9 Å². The summed E-state index contributed by atoms with van der Waals surface area (Å²) in [5.41, 5.74) is 2.49. The summed E-state index contributed by atoms with van der Waals surface area (Å²) in [4.78, 5) is 21.0. The molecule has 0 unspecified atom stereocenters. The molecule has 1 heterocycles. The van der Waals surface area contributed by atoms with Crippen LogP contribution >= 0.6 is 11.6 Å². The van der Waals surface area contributed by atoms with Gasteiger partial charge in [-0.05, 0) is 49.4 Å². The van der Waals surface area contributed by atoms with Gasteiger partial charge in [0.25, 0.3) is 5.91 Å². The zero-order valence-corrected chi connectivity index (χ0v) is 13.7. The molecule has 0 saturated carbocycles. The lowest BCUT2D eigenvalue weighted by Crippen LogP contribution is -2.15. The molecule has 0 radical (unpaired) electrons. The molecule has 1 aromatic heterocycles. The molecule has 5 nitrogen and oxygen atoms in total. The molecular formula is C18H15ClN4O. The van der Waals surface area contributed by atoms with Crippen LogP contribution in [0.4, 0.5) is 17.3 Å². The summed E-state index contributed by atoms with van der Waals surface area (Å²) < 4.78 is 0. The van der Waals surface area contributed by atoms with Crippen LogP contribution < -0.4 is 10.6 Å². The number of hydrogen-bond donors (Lipinski definition) is 2. The lowest BCUT2D eigenvalue weighted by Gasteiger charge is -2.09. The van der Waals surface area contributed by atoms with Crippen molar-refractivity contribution in [3.63, 3.8) is 0 Å². The Bertz CT molecular complexity index is 851. The lowest BCUT2D eigenvalue weighted by atomic mass is 10.3. The highest BCUT2D eigenvalue weighted by Crippen LogP contribution is 2.17. The molecule has 0 saturated heterocycles. The van der Waals surface area contributed by atoms with E-state index in [4.69, 9.17) is 11.6 Å². The number of aryl methyl sites for hydroxylation is 1. The van der Waals surface area contributed by atoms with Gasteiger partial charge < -0.3 is 10.6 Å². The highest BCUT2D eigenvalue weighted by Gasteiger charge is 2.11. The summed E-state index contributed by atoms with van der Waals surface area (Å²) in [5, 5.41) is 6.53. The Morgan fingerprint density at radius 3 is 2.38 bits per heavy atom. The number of rotatable bonds is 4. The Morgan fingerprint density at radius 1 is 0.958 bits per heavy atom. The van der Waals surface area contributed by atoms with Crippen molar-refractivity contribution in [2.24, 2.45) is 0 Å². The Kier molecular flexibility index (Phi) is 4.72. The van der Waals surface area contributed by atoms with Gasteiger partial charge in [-0.25, -0.2) is 9.97 Å². The SMILES string of the molecule is Cc1cc(C(=O)Nc2ccccc2)nc(Nc2ccc(Cl)cc2)n1. The van der Waals surface area contributed by atoms with Gasteiger partial charge in [0.1, 0.15) is 5.69 Å². The van der Waals surface area contributed by atoms with E-state index in [1.807, 2.05) is 49.4 Å². The van der Waals surface area contributed by atoms with Crippen LogP contribution in [0.1, 0.15) is 16.2 Å². The number of anilines is 3. The number of aromatic nitrogens is 2. The van der Waals surface area contributed by atoms with Crippen LogP contribution in [0.25, 0.3) is 0 Å². The average molecular weight is 339 g/mol. The predicted octanol–water partition coefficient (Wildman–Crippen LogP) is 4.43. The van der Waals surface area contributed by atoms with Gasteiger partial charge in [0, 0.05) is 22.1 Å². The van der Waals surface area contributed by atoms with Crippen LogP contribution in [-0.4, -0.2) is 15.9 Å². The fourth-order valence-corrected chi connectivity index (χ4v) is 2.25. The molecular weight excluding hydrogens is 324 g/mol. The summed E-state index contributed by atoms with van der Waals surface area (Å²) in [6.07, 6.45) is 0.